The zero-order valence-corrected chi connectivity index (χ0v) is 24.7. The second-order valence-corrected chi connectivity index (χ2v) is 10.8. The molecule has 0 unspecified atom stereocenters. The van der Waals surface area contributed by atoms with E-state index in [2.05, 4.69) is 0 Å². The summed E-state index contributed by atoms with van der Waals surface area (Å²) >= 11 is 0. The third-order valence-corrected chi connectivity index (χ3v) is 8.16. The Hall–Kier alpha value is -6.44. The van der Waals surface area contributed by atoms with Crippen LogP contribution in [-0.2, 0) is 0 Å². The fourth-order valence-electron chi connectivity index (χ4n) is 5.97. The van der Waals surface area contributed by atoms with Crippen LogP contribution < -0.4 is 0 Å². The summed E-state index contributed by atoms with van der Waals surface area (Å²) in [5.74, 6) is 0. The number of furan rings is 1. The molecule has 1 aromatic heterocycles. The summed E-state index contributed by atoms with van der Waals surface area (Å²) in [7, 11) is 0. The van der Waals surface area contributed by atoms with E-state index < -0.39 is 212 Å². The minimum absolute atomic E-state index is 0.0198. The van der Waals surface area contributed by atoms with Crippen molar-refractivity contribution in [3.05, 3.63) is 181 Å². The fourth-order valence-corrected chi connectivity index (χ4v) is 5.97. The summed E-state index contributed by atoms with van der Waals surface area (Å²) in [6, 6.07) is -14.8. The van der Waals surface area contributed by atoms with Crippen molar-refractivity contribution in [3.63, 3.8) is 0 Å². The van der Waals surface area contributed by atoms with Crippen LogP contribution in [0.4, 0.5) is 0 Å². The van der Waals surface area contributed by atoms with Crippen LogP contribution in [0.3, 0.4) is 0 Å². The normalized spacial score (nSPS) is 19.1. The first-order valence-corrected chi connectivity index (χ1v) is 14.7. The average molecular weight is 649 g/mol. The zero-order valence-electron chi connectivity index (χ0n) is 50.7. The Balaban J connectivity index is 1.31. The summed E-state index contributed by atoms with van der Waals surface area (Å²) in [4.78, 5) is 0. The van der Waals surface area contributed by atoms with Crippen molar-refractivity contribution in [3.8, 4) is 44.5 Å². The van der Waals surface area contributed by atoms with Crippen LogP contribution in [0.2, 0.25) is 0 Å². The lowest BCUT2D eigenvalue weighted by atomic mass is 9.85. The van der Waals surface area contributed by atoms with E-state index in [0.29, 0.717) is 0 Å². The molecule has 0 atom stereocenters. The second kappa shape index (κ2) is 11.1. The molecule has 0 N–H and O–H groups in total. The molecular formula is C48H30O. The number of fused-ring (bicyclic) bond motifs is 6. The van der Waals surface area contributed by atoms with Crippen LogP contribution in [0.15, 0.2) is 186 Å². The molecule has 0 bridgehead atoms. The van der Waals surface area contributed by atoms with Crippen LogP contribution in [-0.4, -0.2) is 0 Å². The van der Waals surface area contributed by atoms with Gasteiger partial charge in [-0.1, -0.05) is 163 Å². The highest BCUT2D eigenvalue weighted by Gasteiger charge is 2.17. The Morgan fingerprint density at radius 3 is 1.51 bits per heavy atom. The van der Waals surface area contributed by atoms with Crippen LogP contribution >= 0.6 is 0 Å². The third-order valence-electron chi connectivity index (χ3n) is 8.16. The minimum atomic E-state index is -0.994. The zero-order chi connectivity index (χ0) is 54.9. The van der Waals surface area contributed by atoms with Crippen LogP contribution in [0, 0.1) is 0 Å². The third kappa shape index (κ3) is 4.47. The van der Waals surface area contributed by atoms with Gasteiger partial charge in [0.2, 0.25) is 0 Å². The molecule has 9 aromatic carbocycles. The maximum Gasteiger partial charge on any atom is 0.136 e. The summed E-state index contributed by atoms with van der Waals surface area (Å²) in [6.07, 6.45) is 0. The number of hydrogen-bond acceptors (Lipinski definition) is 1. The molecule has 10 aromatic rings. The van der Waals surface area contributed by atoms with E-state index in [4.69, 9.17) is 29.1 Å². The van der Waals surface area contributed by atoms with E-state index >= 15 is 0 Å². The molecule has 0 fully saturated rings. The molecule has 1 nitrogen and oxygen atoms in total. The minimum Gasteiger partial charge on any atom is -0.456 e. The van der Waals surface area contributed by atoms with Gasteiger partial charge in [-0.2, -0.15) is 0 Å². The summed E-state index contributed by atoms with van der Waals surface area (Å²) in [6.45, 7) is 0. The van der Waals surface area contributed by atoms with Gasteiger partial charge in [0.25, 0.3) is 0 Å². The summed E-state index contributed by atoms with van der Waals surface area (Å²) < 4.78 is 237. The van der Waals surface area contributed by atoms with Gasteiger partial charge >= 0.3 is 0 Å². The first-order valence-electron chi connectivity index (χ1n) is 27.7. The Morgan fingerprint density at radius 2 is 0.816 bits per heavy atom. The molecule has 0 aliphatic heterocycles. The Morgan fingerprint density at radius 1 is 0.327 bits per heavy atom. The van der Waals surface area contributed by atoms with Gasteiger partial charge in [-0.05, 0) is 95.0 Å². The van der Waals surface area contributed by atoms with Crippen molar-refractivity contribution in [2.24, 2.45) is 0 Å². The number of benzene rings is 9. The molecule has 1 heteroatoms. The SMILES string of the molecule is [2H]c1c([2H])c(-c2c3c([2H])c([2H])c([2H])c([2H])c3c(-c3ccc(-c4c([2H])c([2H])c5c(oc6c([2H])c([2H])c([2H])c([2H])c65)c4[2H])cc3)c3c([2H])c([2H])c([2H])c([2H])c23)c([2H])c([2H])c1-c1c([2H])c([2H])c([2H])c2c([2H])c([2H])c([2H])c([2H])c12. The topological polar surface area (TPSA) is 13.1 Å². The van der Waals surface area contributed by atoms with E-state index in [1.165, 1.54) is 24.3 Å². The Kier molecular flexibility index (Phi) is 2.76. The molecule has 49 heavy (non-hydrogen) atoms. The van der Waals surface area contributed by atoms with Crippen LogP contribution in [0.1, 0.15) is 35.6 Å². The first-order chi connectivity index (χ1) is 35.1. The molecule has 0 spiro atoms. The molecule has 0 amide bonds. The van der Waals surface area contributed by atoms with Crippen molar-refractivity contribution in [1.82, 2.24) is 0 Å². The Bertz CT molecular complexity index is 4230. The van der Waals surface area contributed by atoms with Gasteiger partial charge in [0.1, 0.15) is 11.2 Å². The summed E-state index contributed by atoms with van der Waals surface area (Å²) in [5.41, 5.74) is -3.68. The Labute approximate surface area is 320 Å². The van der Waals surface area contributed by atoms with Crippen molar-refractivity contribution in [1.29, 1.82) is 0 Å². The van der Waals surface area contributed by atoms with E-state index in [1.807, 2.05) is 0 Å². The monoisotopic (exact) mass is 648 g/mol. The second-order valence-electron chi connectivity index (χ2n) is 10.8. The van der Waals surface area contributed by atoms with Gasteiger partial charge in [-0.15, -0.1) is 0 Å². The van der Waals surface area contributed by atoms with Gasteiger partial charge in [0.05, 0.1) is 35.6 Å². The highest BCUT2D eigenvalue weighted by atomic mass is 16.3. The van der Waals surface area contributed by atoms with E-state index in [1.54, 1.807) is 0 Å². The maximum atomic E-state index is 9.54. The lowest BCUT2D eigenvalue weighted by Gasteiger charge is -2.18. The van der Waals surface area contributed by atoms with Gasteiger partial charge in [0, 0.05) is 10.8 Å². The molecule has 0 aliphatic carbocycles. The fraction of sp³-hybridized carbons (Fsp3) is 0. The first kappa shape index (κ1) is 12.2. The van der Waals surface area contributed by atoms with Gasteiger partial charge in [-0.3, -0.25) is 0 Å². The predicted octanol–water partition coefficient (Wildman–Crippen LogP) is 13.7. The summed E-state index contributed by atoms with van der Waals surface area (Å²) in [5, 5.41) is -3.36. The molecule has 1 heterocycles. The highest BCUT2D eigenvalue weighted by Crippen LogP contribution is 2.44. The van der Waals surface area contributed by atoms with Crippen molar-refractivity contribution in [2.75, 3.05) is 0 Å². The predicted molar refractivity (Wildman–Crippen MR) is 208 cm³/mol. The van der Waals surface area contributed by atoms with Gasteiger partial charge in [-0.25, -0.2) is 0 Å². The maximum absolute atomic E-state index is 9.54. The van der Waals surface area contributed by atoms with Crippen LogP contribution in [0.5, 0.6) is 0 Å². The molecule has 0 saturated heterocycles. The van der Waals surface area contributed by atoms with Crippen molar-refractivity contribution >= 4 is 54.3 Å². The standard InChI is InChI=1S/C48H30O/c1-2-12-37-32(10-1)11-9-18-38(37)33-22-26-35(27-23-33)48-43-16-5-3-14-41(43)47(42-15-4-6-17-44(42)48)34-24-20-31(21-25-34)36-28-29-40-39-13-7-8-19-45(39)49-46(40)30-36/h1-30H/i1D,2D,3D,4D,5D,6D,7D,8D,9D,10D,11D,12D,13D,14D,15D,16D,17D,18D,19D,22D,23D,26D,27D,28D,29D,30D. The molecule has 0 aliphatic rings. The van der Waals surface area contributed by atoms with Gasteiger partial charge < -0.3 is 4.42 Å². The van der Waals surface area contributed by atoms with E-state index in [0.717, 1.165) is 0 Å². The molecule has 10 rings (SSSR count). The van der Waals surface area contributed by atoms with Crippen molar-refractivity contribution in [2.45, 2.75) is 0 Å². The van der Waals surface area contributed by atoms with E-state index in [9.17, 15) is 11.0 Å². The van der Waals surface area contributed by atoms with Crippen LogP contribution in [0.25, 0.3) is 98.8 Å². The molecular weight excluding hydrogens is 593 g/mol. The highest BCUT2D eigenvalue weighted by molar-refractivity contribution is 6.21. The quantitative estimate of drug-likeness (QED) is 0.173. The smallest absolute Gasteiger partial charge is 0.136 e. The van der Waals surface area contributed by atoms with E-state index in [-0.39, 0.29) is 44.2 Å². The number of rotatable bonds is 4. The molecule has 0 radical (unpaired) electrons. The number of hydrogen-bond donors (Lipinski definition) is 0. The largest absolute Gasteiger partial charge is 0.456 e. The molecule has 228 valence electrons. The van der Waals surface area contributed by atoms with Crippen molar-refractivity contribution < 1.29 is 40.1 Å². The average Bonchev–Trinajstić information content (AvgIpc) is 3.81. The van der Waals surface area contributed by atoms with Gasteiger partial charge in [0.15, 0.2) is 0 Å². The molecule has 0 saturated carbocycles. The lowest BCUT2D eigenvalue weighted by Crippen LogP contribution is -1.91. The number of para-hydroxylation sites is 1. The lowest BCUT2D eigenvalue weighted by molar-refractivity contribution is 0.669.